The van der Waals surface area contributed by atoms with Crippen molar-refractivity contribution in [1.82, 2.24) is 20.2 Å². The first-order valence-corrected chi connectivity index (χ1v) is 9.20. The minimum atomic E-state index is -0.313. The van der Waals surface area contributed by atoms with Gasteiger partial charge in [0, 0.05) is 29.7 Å². The van der Waals surface area contributed by atoms with Crippen LogP contribution in [0.5, 0.6) is 0 Å². The molecule has 4 rings (SSSR count). The zero-order valence-corrected chi connectivity index (χ0v) is 15.6. The van der Waals surface area contributed by atoms with Crippen LogP contribution in [0, 0.1) is 0 Å². The number of benzene rings is 2. The first-order chi connectivity index (χ1) is 14.3. The molecule has 2 aromatic carbocycles. The summed E-state index contributed by atoms with van der Waals surface area (Å²) >= 11 is 0. The van der Waals surface area contributed by atoms with Crippen LogP contribution in [0.1, 0.15) is 21.5 Å². The predicted octanol–water partition coefficient (Wildman–Crippen LogP) is 3.76. The minimum absolute atomic E-state index is 0.313. The summed E-state index contributed by atoms with van der Waals surface area (Å²) in [4.78, 5) is 16.1. The normalized spacial score (nSPS) is 10.9. The molecule has 1 amide bonds. The van der Waals surface area contributed by atoms with Crippen molar-refractivity contribution < 1.29 is 4.79 Å². The zero-order chi connectivity index (χ0) is 19.9. The van der Waals surface area contributed by atoms with Gasteiger partial charge in [-0.15, -0.1) is 0 Å². The molecule has 0 aliphatic heterocycles. The molecule has 2 heterocycles. The van der Waals surface area contributed by atoms with Gasteiger partial charge >= 0.3 is 0 Å². The van der Waals surface area contributed by atoms with Crippen molar-refractivity contribution in [2.75, 3.05) is 0 Å². The summed E-state index contributed by atoms with van der Waals surface area (Å²) in [6.07, 6.45) is 6.66. The Morgan fingerprint density at radius 1 is 1.00 bits per heavy atom. The molecule has 6 nitrogen and oxygen atoms in total. The predicted molar refractivity (Wildman–Crippen MR) is 113 cm³/mol. The molecule has 0 aliphatic carbocycles. The van der Waals surface area contributed by atoms with E-state index >= 15 is 0 Å². The van der Waals surface area contributed by atoms with Gasteiger partial charge in [0.25, 0.3) is 5.91 Å². The molecule has 0 unspecified atom stereocenters. The molecule has 0 aliphatic rings. The van der Waals surface area contributed by atoms with Gasteiger partial charge < -0.3 is 0 Å². The third-order valence-electron chi connectivity index (χ3n) is 4.32. The van der Waals surface area contributed by atoms with Crippen molar-refractivity contribution in [2.24, 2.45) is 5.10 Å². The largest absolute Gasteiger partial charge is 0.272 e. The summed E-state index contributed by atoms with van der Waals surface area (Å²) < 4.78 is 1.88. The van der Waals surface area contributed by atoms with Crippen LogP contribution in [0.15, 0.2) is 96.5 Å². The number of aromatic nitrogens is 3. The second kappa shape index (κ2) is 8.75. The smallest absolute Gasteiger partial charge is 0.267 e. The molecule has 0 saturated carbocycles. The maximum absolute atomic E-state index is 12.2. The molecular formula is C23H19N5O. The SMILES string of the molecule is O=C(N/N=C\c1cn(Cc2ccccc2)nc1-c1ccccc1)c1cccnc1. The number of hydrogen-bond donors (Lipinski definition) is 1. The number of pyridine rings is 1. The van der Waals surface area contributed by atoms with Gasteiger partial charge in [-0.05, 0) is 17.7 Å². The van der Waals surface area contributed by atoms with E-state index in [9.17, 15) is 4.79 Å². The van der Waals surface area contributed by atoms with E-state index in [0.29, 0.717) is 12.1 Å². The lowest BCUT2D eigenvalue weighted by molar-refractivity contribution is 0.0955. The number of carbonyl (C=O) groups is 1. The first-order valence-electron chi connectivity index (χ1n) is 9.20. The average Bonchev–Trinajstić information content (AvgIpc) is 3.18. The molecule has 6 heteroatoms. The van der Waals surface area contributed by atoms with E-state index in [1.165, 1.54) is 6.20 Å². The van der Waals surface area contributed by atoms with E-state index in [2.05, 4.69) is 27.6 Å². The van der Waals surface area contributed by atoms with E-state index in [0.717, 1.165) is 22.4 Å². The second-order valence-electron chi connectivity index (χ2n) is 6.42. The monoisotopic (exact) mass is 381 g/mol. The Morgan fingerprint density at radius 3 is 2.48 bits per heavy atom. The molecule has 0 spiro atoms. The Bertz CT molecular complexity index is 1110. The van der Waals surface area contributed by atoms with Gasteiger partial charge in [0.15, 0.2) is 0 Å². The summed E-state index contributed by atoms with van der Waals surface area (Å²) in [7, 11) is 0. The van der Waals surface area contributed by atoms with Crippen molar-refractivity contribution in [1.29, 1.82) is 0 Å². The Balaban J connectivity index is 1.58. The average molecular weight is 381 g/mol. The molecule has 0 radical (unpaired) electrons. The second-order valence-corrected chi connectivity index (χ2v) is 6.42. The number of hydrazone groups is 1. The third kappa shape index (κ3) is 4.62. The minimum Gasteiger partial charge on any atom is -0.267 e. The van der Waals surface area contributed by atoms with Gasteiger partial charge in [-0.2, -0.15) is 10.2 Å². The molecule has 1 N–H and O–H groups in total. The molecule has 0 bridgehead atoms. The summed E-state index contributed by atoms with van der Waals surface area (Å²) in [5, 5.41) is 8.85. The standard InChI is InChI=1S/C23H19N5O/c29-23(20-12-7-13-24-14-20)26-25-15-21-17-28(16-18-8-3-1-4-9-18)27-22(21)19-10-5-2-6-11-19/h1-15,17H,16H2,(H,26,29)/b25-15-. The molecule has 142 valence electrons. The molecule has 0 atom stereocenters. The van der Waals surface area contributed by atoms with Gasteiger partial charge in [0.05, 0.1) is 18.3 Å². The maximum atomic E-state index is 12.2. The highest BCUT2D eigenvalue weighted by Gasteiger charge is 2.10. The van der Waals surface area contributed by atoms with Gasteiger partial charge in [-0.25, -0.2) is 5.43 Å². The molecule has 0 fully saturated rings. The van der Waals surface area contributed by atoms with Crippen LogP contribution in [0.3, 0.4) is 0 Å². The zero-order valence-electron chi connectivity index (χ0n) is 15.6. The van der Waals surface area contributed by atoms with Crippen LogP contribution in [0.25, 0.3) is 11.3 Å². The number of nitrogens with one attached hydrogen (secondary N) is 1. The van der Waals surface area contributed by atoms with Gasteiger partial charge in [0.1, 0.15) is 5.69 Å². The van der Waals surface area contributed by atoms with Crippen LogP contribution in [-0.4, -0.2) is 26.9 Å². The van der Waals surface area contributed by atoms with Crippen molar-refractivity contribution in [3.05, 3.63) is 108 Å². The van der Waals surface area contributed by atoms with Crippen molar-refractivity contribution in [2.45, 2.75) is 6.54 Å². The van der Waals surface area contributed by atoms with E-state index in [-0.39, 0.29) is 5.91 Å². The third-order valence-corrected chi connectivity index (χ3v) is 4.32. The fraction of sp³-hybridized carbons (Fsp3) is 0.0435. The highest BCUT2D eigenvalue weighted by molar-refractivity contribution is 5.95. The van der Waals surface area contributed by atoms with E-state index < -0.39 is 0 Å². The van der Waals surface area contributed by atoms with Crippen molar-refractivity contribution >= 4 is 12.1 Å². The number of nitrogens with zero attached hydrogens (tertiary/aromatic N) is 4. The lowest BCUT2D eigenvalue weighted by atomic mass is 10.1. The summed E-state index contributed by atoms with van der Waals surface area (Å²) in [6, 6.07) is 23.4. The maximum Gasteiger partial charge on any atom is 0.272 e. The van der Waals surface area contributed by atoms with Crippen LogP contribution >= 0.6 is 0 Å². The fourth-order valence-electron chi connectivity index (χ4n) is 2.93. The molecule has 2 aromatic heterocycles. The Morgan fingerprint density at radius 2 is 1.76 bits per heavy atom. The molecular weight excluding hydrogens is 362 g/mol. The number of rotatable bonds is 6. The van der Waals surface area contributed by atoms with E-state index in [1.807, 2.05) is 59.4 Å². The van der Waals surface area contributed by atoms with Crippen LogP contribution in [-0.2, 0) is 6.54 Å². The summed E-state index contributed by atoms with van der Waals surface area (Å²) in [5.74, 6) is -0.313. The fourth-order valence-corrected chi connectivity index (χ4v) is 2.93. The van der Waals surface area contributed by atoms with Gasteiger partial charge in [-0.3, -0.25) is 14.5 Å². The highest BCUT2D eigenvalue weighted by Crippen LogP contribution is 2.21. The molecule has 0 saturated heterocycles. The molecule has 4 aromatic rings. The van der Waals surface area contributed by atoms with Crippen LogP contribution < -0.4 is 5.43 Å². The van der Waals surface area contributed by atoms with Crippen molar-refractivity contribution in [3.8, 4) is 11.3 Å². The topological polar surface area (TPSA) is 72.2 Å². The molecule has 29 heavy (non-hydrogen) atoms. The lowest BCUT2D eigenvalue weighted by Gasteiger charge is -2.01. The van der Waals surface area contributed by atoms with E-state index in [4.69, 9.17) is 5.10 Å². The number of carbonyl (C=O) groups excluding carboxylic acids is 1. The van der Waals surface area contributed by atoms with E-state index in [1.54, 1.807) is 24.5 Å². The van der Waals surface area contributed by atoms with Crippen molar-refractivity contribution in [3.63, 3.8) is 0 Å². The summed E-state index contributed by atoms with van der Waals surface area (Å²) in [6.45, 7) is 0.649. The van der Waals surface area contributed by atoms with Crippen LogP contribution in [0.2, 0.25) is 0 Å². The number of amides is 1. The Kier molecular flexibility index (Phi) is 5.53. The van der Waals surface area contributed by atoms with Gasteiger partial charge in [0.2, 0.25) is 0 Å². The summed E-state index contributed by atoms with van der Waals surface area (Å²) in [5.41, 5.74) is 6.76. The van der Waals surface area contributed by atoms with Crippen LogP contribution in [0.4, 0.5) is 0 Å². The quantitative estimate of drug-likeness (QED) is 0.408. The first kappa shape index (κ1) is 18.3. The Hall–Kier alpha value is -4.06. The highest BCUT2D eigenvalue weighted by atomic mass is 16.2. The lowest BCUT2D eigenvalue weighted by Crippen LogP contribution is -2.17. The van der Waals surface area contributed by atoms with Gasteiger partial charge in [-0.1, -0.05) is 60.7 Å². The number of hydrogen-bond acceptors (Lipinski definition) is 4. The Labute approximate surface area is 168 Å².